The second-order valence-electron chi connectivity index (χ2n) is 7.45. The molecule has 8 nitrogen and oxygen atoms in total. The second-order valence-corrected chi connectivity index (χ2v) is 11.0. The summed E-state index contributed by atoms with van der Waals surface area (Å²) in [5.74, 6) is 0.242. The van der Waals surface area contributed by atoms with E-state index in [-0.39, 0.29) is 16.1 Å². The van der Waals surface area contributed by atoms with Gasteiger partial charge in [0.05, 0.1) is 22.2 Å². The summed E-state index contributed by atoms with van der Waals surface area (Å²) >= 11 is 1.45. The van der Waals surface area contributed by atoms with Gasteiger partial charge in [-0.2, -0.15) is 5.26 Å². The number of nitriles is 1. The van der Waals surface area contributed by atoms with Crippen LogP contribution in [0.25, 0.3) is 0 Å². The fourth-order valence-corrected chi connectivity index (χ4v) is 4.98. The average molecular weight is 473 g/mol. The number of amides is 1. The maximum Gasteiger partial charge on any atom is 0.269 e. The molecule has 1 fully saturated rings. The van der Waals surface area contributed by atoms with Gasteiger partial charge in [-0.3, -0.25) is 9.69 Å². The Labute approximate surface area is 192 Å². The predicted octanol–water partition coefficient (Wildman–Crippen LogP) is 3.23. The minimum Gasteiger partial charge on any atom is -0.481 e. The number of carbonyl (C=O) groups is 1. The lowest BCUT2D eigenvalue weighted by Crippen LogP contribution is -2.41. The fourth-order valence-electron chi connectivity index (χ4n) is 3.00. The van der Waals surface area contributed by atoms with E-state index in [0.717, 1.165) is 4.31 Å². The van der Waals surface area contributed by atoms with Gasteiger partial charge in [-0.1, -0.05) is 24.8 Å². The minimum atomic E-state index is -3.59. The summed E-state index contributed by atoms with van der Waals surface area (Å²) in [6, 6.07) is 14.9. The maximum atomic E-state index is 13.1. The zero-order valence-corrected chi connectivity index (χ0v) is 19.9. The minimum absolute atomic E-state index is 0.133. The molecule has 2 aromatic carbocycles. The first-order chi connectivity index (χ1) is 15.1. The summed E-state index contributed by atoms with van der Waals surface area (Å²) in [6.07, 6.45) is -0.764. The second kappa shape index (κ2) is 9.73. The number of hydrogen-bond acceptors (Lipinski definition) is 7. The summed E-state index contributed by atoms with van der Waals surface area (Å²) in [4.78, 5) is 19.4. The molecule has 1 amide bonds. The molecule has 168 valence electrons. The zero-order valence-electron chi connectivity index (χ0n) is 18.2. The Balaban J connectivity index is 1.82. The molecule has 0 aliphatic carbocycles. The molecule has 32 heavy (non-hydrogen) atoms. The van der Waals surface area contributed by atoms with Crippen molar-refractivity contribution in [3.8, 4) is 11.8 Å². The lowest BCUT2D eigenvalue weighted by atomic mass is 10.2. The maximum absolute atomic E-state index is 13.1. The lowest BCUT2D eigenvalue weighted by Gasteiger charge is -2.21. The van der Waals surface area contributed by atoms with E-state index in [2.05, 4.69) is 4.99 Å². The standard InChI is InChI=1S/C22H24N4O4S2/c1-15-14-26(21(27)16(2)30-19-10-8-17(13-23)9-11-19)22(31-15)24-18-6-5-7-20(12-18)32(28,29)25(3)4/h5-12,15-16H,14H2,1-4H3. The molecule has 0 aromatic heterocycles. The van der Waals surface area contributed by atoms with Gasteiger partial charge in [0.15, 0.2) is 11.3 Å². The first-order valence-electron chi connectivity index (χ1n) is 9.88. The molecule has 2 atom stereocenters. The van der Waals surface area contributed by atoms with Gasteiger partial charge in [0.25, 0.3) is 5.91 Å². The average Bonchev–Trinajstić information content (AvgIpc) is 3.13. The van der Waals surface area contributed by atoms with Crippen LogP contribution in [0.15, 0.2) is 58.4 Å². The van der Waals surface area contributed by atoms with Crippen LogP contribution in [0.2, 0.25) is 0 Å². The molecule has 0 bridgehead atoms. The van der Waals surface area contributed by atoms with Crippen LogP contribution in [0.4, 0.5) is 5.69 Å². The summed E-state index contributed by atoms with van der Waals surface area (Å²) < 4.78 is 31.7. The van der Waals surface area contributed by atoms with Crippen molar-refractivity contribution >= 4 is 38.5 Å². The number of sulfonamides is 1. The van der Waals surface area contributed by atoms with Crippen LogP contribution in [0, 0.1) is 11.3 Å². The molecule has 1 aliphatic rings. The summed E-state index contributed by atoms with van der Waals surface area (Å²) in [5, 5.41) is 9.53. The Morgan fingerprint density at radius 3 is 2.59 bits per heavy atom. The first-order valence-corrected chi connectivity index (χ1v) is 12.2. The van der Waals surface area contributed by atoms with E-state index in [9.17, 15) is 13.2 Å². The van der Waals surface area contributed by atoms with E-state index >= 15 is 0 Å². The number of thioether (sulfide) groups is 1. The number of nitrogens with zero attached hydrogens (tertiary/aromatic N) is 4. The Bertz CT molecular complexity index is 1170. The van der Waals surface area contributed by atoms with E-state index in [1.54, 1.807) is 48.2 Å². The van der Waals surface area contributed by atoms with Crippen LogP contribution in [-0.4, -0.2) is 60.7 Å². The van der Waals surface area contributed by atoms with Crippen LogP contribution in [0.3, 0.4) is 0 Å². The molecule has 0 spiro atoms. The molecule has 1 saturated heterocycles. The Kier molecular flexibility index (Phi) is 7.23. The van der Waals surface area contributed by atoms with E-state index in [0.29, 0.717) is 28.7 Å². The molecule has 0 N–H and O–H groups in total. The SMILES string of the molecule is CC1CN(C(=O)C(C)Oc2ccc(C#N)cc2)C(=Nc2cccc(S(=O)(=O)N(C)C)c2)S1. The van der Waals surface area contributed by atoms with Gasteiger partial charge < -0.3 is 4.74 Å². The van der Waals surface area contributed by atoms with Crippen LogP contribution in [-0.2, 0) is 14.8 Å². The topological polar surface area (TPSA) is 103 Å². The molecule has 10 heteroatoms. The van der Waals surface area contributed by atoms with Gasteiger partial charge in [0, 0.05) is 25.9 Å². The van der Waals surface area contributed by atoms with Crippen molar-refractivity contribution in [1.82, 2.24) is 9.21 Å². The molecular formula is C22H24N4O4S2. The van der Waals surface area contributed by atoms with Gasteiger partial charge in [-0.05, 0) is 49.4 Å². The quantitative estimate of drug-likeness (QED) is 0.640. The largest absolute Gasteiger partial charge is 0.481 e. The summed E-state index contributed by atoms with van der Waals surface area (Å²) in [5.41, 5.74) is 0.956. The lowest BCUT2D eigenvalue weighted by molar-refractivity contribution is -0.133. The highest BCUT2D eigenvalue weighted by molar-refractivity contribution is 8.14. The van der Waals surface area contributed by atoms with Crippen LogP contribution in [0.5, 0.6) is 5.75 Å². The third kappa shape index (κ3) is 5.30. The molecule has 2 unspecified atom stereocenters. The molecule has 1 aliphatic heterocycles. The molecule has 2 aromatic rings. The van der Waals surface area contributed by atoms with Crippen molar-refractivity contribution < 1.29 is 17.9 Å². The van der Waals surface area contributed by atoms with Crippen molar-refractivity contribution in [3.63, 3.8) is 0 Å². The van der Waals surface area contributed by atoms with E-state index in [1.165, 1.54) is 38.0 Å². The van der Waals surface area contributed by atoms with Crippen molar-refractivity contribution in [2.24, 2.45) is 4.99 Å². The fraction of sp³-hybridized carbons (Fsp3) is 0.318. The third-order valence-corrected chi connectivity index (χ3v) is 7.59. The number of ether oxygens (including phenoxy) is 1. The molecule has 0 radical (unpaired) electrons. The number of hydrogen-bond donors (Lipinski definition) is 0. The highest BCUT2D eigenvalue weighted by Gasteiger charge is 2.34. The number of benzene rings is 2. The molecule has 1 heterocycles. The molecule has 0 saturated carbocycles. The van der Waals surface area contributed by atoms with Crippen molar-refractivity contribution in [1.29, 1.82) is 5.26 Å². The van der Waals surface area contributed by atoms with E-state index < -0.39 is 16.1 Å². The highest BCUT2D eigenvalue weighted by Crippen LogP contribution is 2.30. The molecule has 3 rings (SSSR count). The highest BCUT2D eigenvalue weighted by atomic mass is 32.2. The number of rotatable bonds is 6. The monoisotopic (exact) mass is 472 g/mol. The first kappa shape index (κ1) is 23.8. The number of carbonyl (C=O) groups excluding carboxylic acids is 1. The van der Waals surface area contributed by atoms with Crippen LogP contribution < -0.4 is 4.74 Å². The van der Waals surface area contributed by atoms with Gasteiger partial charge in [0.2, 0.25) is 10.0 Å². The van der Waals surface area contributed by atoms with Gasteiger partial charge in [0.1, 0.15) is 5.75 Å². The normalized spacial score (nSPS) is 18.6. The zero-order chi connectivity index (χ0) is 23.5. The van der Waals surface area contributed by atoms with Gasteiger partial charge in [-0.25, -0.2) is 17.7 Å². The van der Waals surface area contributed by atoms with Crippen molar-refractivity contribution in [2.45, 2.75) is 30.1 Å². The van der Waals surface area contributed by atoms with Gasteiger partial charge >= 0.3 is 0 Å². The number of aliphatic imine (C=N–C) groups is 1. The van der Waals surface area contributed by atoms with Crippen molar-refractivity contribution in [2.75, 3.05) is 20.6 Å². The van der Waals surface area contributed by atoms with Crippen LogP contribution in [0.1, 0.15) is 19.4 Å². The Morgan fingerprint density at radius 2 is 1.97 bits per heavy atom. The Hall–Kier alpha value is -2.87. The smallest absolute Gasteiger partial charge is 0.269 e. The van der Waals surface area contributed by atoms with Crippen molar-refractivity contribution in [3.05, 3.63) is 54.1 Å². The Morgan fingerprint density at radius 1 is 1.28 bits per heavy atom. The summed E-state index contributed by atoms with van der Waals surface area (Å²) in [7, 11) is -0.650. The number of amidine groups is 1. The third-order valence-electron chi connectivity index (χ3n) is 4.71. The summed E-state index contributed by atoms with van der Waals surface area (Å²) in [6.45, 7) is 4.13. The predicted molar refractivity (Wildman–Crippen MR) is 124 cm³/mol. The molecular weight excluding hydrogens is 448 g/mol. The van der Waals surface area contributed by atoms with Crippen LogP contribution >= 0.6 is 11.8 Å². The van der Waals surface area contributed by atoms with E-state index in [4.69, 9.17) is 10.00 Å². The van der Waals surface area contributed by atoms with E-state index in [1.807, 2.05) is 13.0 Å². The van der Waals surface area contributed by atoms with Gasteiger partial charge in [-0.15, -0.1) is 0 Å².